The Balaban J connectivity index is 1.60. The van der Waals surface area contributed by atoms with Crippen molar-refractivity contribution in [1.29, 1.82) is 0 Å². The Morgan fingerprint density at radius 3 is 2.71 bits per heavy atom. The molecule has 4 rings (SSSR count). The van der Waals surface area contributed by atoms with E-state index in [-0.39, 0.29) is 28.1 Å². The van der Waals surface area contributed by atoms with Crippen LogP contribution in [-0.4, -0.2) is 77.2 Å². The summed E-state index contributed by atoms with van der Waals surface area (Å²) in [6.45, 7) is 0. The van der Waals surface area contributed by atoms with Gasteiger partial charge in [0.1, 0.15) is 27.9 Å². The molecule has 31 heavy (non-hydrogen) atoms. The number of allylic oxidation sites excluding steroid dienone is 1. The number of fused-ring (bicyclic) bond motifs is 2. The van der Waals surface area contributed by atoms with Crippen molar-refractivity contribution in [3.63, 3.8) is 0 Å². The number of carboxylic acids is 1. The average molecular weight is 478 g/mol. The fourth-order valence-corrected chi connectivity index (χ4v) is 5.51. The van der Waals surface area contributed by atoms with Crippen LogP contribution in [0.25, 0.3) is 0 Å². The van der Waals surface area contributed by atoms with Gasteiger partial charge >= 0.3 is 18.2 Å². The number of nitrogens with two attached hydrogens (primary N) is 1. The Morgan fingerprint density at radius 1 is 1.39 bits per heavy atom. The van der Waals surface area contributed by atoms with Gasteiger partial charge in [0.05, 0.1) is 6.20 Å². The molecule has 0 aromatic heterocycles. The first-order chi connectivity index (χ1) is 14.5. The van der Waals surface area contributed by atoms with Gasteiger partial charge in [-0.25, -0.2) is 19.6 Å². The molecule has 11 nitrogen and oxygen atoms in total. The molecular formula is C15H13F3N6O5S2. The molecule has 2 amide bonds. The summed E-state index contributed by atoms with van der Waals surface area (Å²) in [4.78, 5) is 39.8. The van der Waals surface area contributed by atoms with Gasteiger partial charge in [-0.1, -0.05) is 0 Å². The number of hydrogen-bond donors (Lipinski definition) is 4. The number of thioether (sulfide) groups is 2. The van der Waals surface area contributed by atoms with Crippen LogP contribution in [0.3, 0.4) is 0 Å². The second-order valence-electron chi connectivity index (χ2n) is 6.53. The summed E-state index contributed by atoms with van der Waals surface area (Å²) in [6, 6.07) is -0.793. The second kappa shape index (κ2) is 7.47. The van der Waals surface area contributed by atoms with Crippen LogP contribution in [0.4, 0.5) is 18.0 Å². The van der Waals surface area contributed by atoms with Crippen LogP contribution >= 0.6 is 23.5 Å². The van der Waals surface area contributed by atoms with Crippen molar-refractivity contribution < 1.29 is 37.8 Å². The molecule has 0 aromatic carbocycles. The van der Waals surface area contributed by atoms with Gasteiger partial charge in [0, 0.05) is 17.6 Å². The molecule has 0 radical (unpaired) electrons. The minimum absolute atomic E-state index is 0.0375. The number of aliphatic imine (C=N–C) groups is 1. The maximum absolute atomic E-state index is 13.5. The van der Waals surface area contributed by atoms with Crippen molar-refractivity contribution in [1.82, 2.24) is 20.5 Å². The van der Waals surface area contributed by atoms with Crippen molar-refractivity contribution >= 4 is 46.5 Å². The van der Waals surface area contributed by atoms with E-state index in [1.165, 1.54) is 11.8 Å². The van der Waals surface area contributed by atoms with E-state index in [4.69, 9.17) is 10.8 Å². The first-order valence-electron chi connectivity index (χ1n) is 8.45. The SMILES string of the molecule is N[C@@H]1C(=O)N2C(C(=O)O)=C(CSC3=NC4=CN(C(=O)O)NN4C(C(F)(F)F)=C3)CS[C@H]12. The number of hydrogen-bond acceptors (Lipinski definition) is 9. The molecule has 1 fully saturated rings. The number of amides is 2. The molecule has 0 bridgehead atoms. The van der Waals surface area contributed by atoms with E-state index < -0.39 is 41.3 Å². The summed E-state index contributed by atoms with van der Waals surface area (Å²) in [5.74, 6) is -1.95. The molecule has 2 atom stereocenters. The Bertz CT molecular complexity index is 1010. The van der Waals surface area contributed by atoms with Gasteiger partial charge in [0.25, 0.3) is 0 Å². The van der Waals surface area contributed by atoms with Gasteiger partial charge in [0.15, 0.2) is 5.82 Å². The van der Waals surface area contributed by atoms with Gasteiger partial charge in [-0.2, -0.15) is 18.2 Å². The summed E-state index contributed by atoms with van der Waals surface area (Å²) in [5.41, 5.74) is 6.67. The summed E-state index contributed by atoms with van der Waals surface area (Å²) >= 11 is 2.11. The number of carbonyl (C=O) groups is 3. The van der Waals surface area contributed by atoms with Crippen LogP contribution in [-0.2, 0) is 9.59 Å². The van der Waals surface area contributed by atoms with Crippen molar-refractivity contribution in [3.8, 4) is 0 Å². The van der Waals surface area contributed by atoms with Crippen LogP contribution in [0, 0.1) is 0 Å². The lowest BCUT2D eigenvalue weighted by molar-refractivity contribution is -0.147. The molecule has 4 aliphatic heterocycles. The molecular weight excluding hydrogens is 465 g/mol. The highest BCUT2D eigenvalue weighted by molar-refractivity contribution is 8.14. The molecule has 4 heterocycles. The van der Waals surface area contributed by atoms with Crippen LogP contribution in [0.2, 0.25) is 0 Å². The largest absolute Gasteiger partial charge is 0.477 e. The highest BCUT2D eigenvalue weighted by atomic mass is 32.2. The molecule has 1 saturated heterocycles. The van der Waals surface area contributed by atoms with E-state index in [0.29, 0.717) is 15.6 Å². The third-order valence-corrected chi connectivity index (χ3v) is 6.95. The fourth-order valence-electron chi connectivity index (χ4n) is 3.18. The fraction of sp³-hybridized carbons (Fsp3) is 0.333. The molecule has 5 N–H and O–H groups in total. The number of rotatable bonds is 3. The van der Waals surface area contributed by atoms with E-state index in [9.17, 15) is 32.7 Å². The molecule has 166 valence electrons. The minimum atomic E-state index is -4.82. The van der Waals surface area contributed by atoms with Crippen molar-refractivity contribution in [3.05, 3.63) is 35.1 Å². The Morgan fingerprint density at radius 2 is 2.10 bits per heavy atom. The maximum atomic E-state index is 13.5. The van der Waals surface area contributed by atoms with E-state index in [2.05, 4.69) is 4.99 Å². The smallest absolute Gasteiger partial charge is 0.433 e. The zero-order valence-electron chi connectivity index (χ0n) is 15.2. The third kappa shape index (κ3) is 3.64. The molecule has 0 unspecified atom stereocenters. The number of carbonyl (C=O) groups excluding carboxylic acids is 1. The molecule has 16 heteroatoms. The predicted octanol–water partition coefficient (Wildman–Crippen LogP) is 0.673. The maximum Gasteiger partial charge on any atom is 0.433 e. The van der Waals surface area contributed by atoms with Gasteiger partial charge in [-0.05, 0) is 5.57 Å². The first kappa shape index (κ1) is 21.5. The number of carboxylic acid groups (broad SMARTS) is 2. The van der Waals surface area contributed by atoms with E-state index in [1.807, 2.05) is 5.53 Å². The predicted molar refractivity (Wildman–Crippen MR) is 103 cm³/mol. The second-order valence-corrected chi connectivity index (χ2v) is 8.63. The van der Waals surface area contributed by atoms with E-state index in [0.717, 1.165) is 28.9 Å². The summed E-state index contributed by atoms with van der Waals surface area (Å²) in [6.07, 6.45) is -4.74. The number of aliphatic carboxylic acids is 1. The molecule has 4 aliphatic rings. The lowest BCUT2D eigenvalue weighted by Crippen LogP contribution is -2.68. The number of halogens is 3. The zero-order valence-corrected chi connectivity index (χ0v) is 16.8. The molecule has 0 aromatic rings. The van der Waals surface area contributed by atoms with Gasteiger partial charge in [-0.3, -0.25) is 9.69 Å². The Hall–Kier alpha value is -2.69. The van der Waals surface area contributed by atoms with Crippen LogP contribution in [0.5, 0.6) is 0 Å². The van der Waals surface area contributed by atoms with Crippen molar-refractivity contribution in [2.45, 2.75) is 17.6 Å². The summed E-state index contributed by atoms with van der Waals surface area (Å²) < 4.78 is 40.4. The number of alkyl halides is 3. The zero-order chi connectivity index (χ0) is 22.7. The molecule has 0 spiro atoms. The number of nitrogens with one attached hydrogen (secondary N) is 1. The van der Waals surface area contributed by atoms with Gasteiger partial charge < -0.3 is 15.9 Å². The van der Waals surface area contributed by atoms with Crippen molar-refractivity contribution in [2.24, 2.45) is 10.7 Å². The Labute approximate surface area is 180 Å². The van der Waals surface area contributed by atoms with Gasteiger partial charge in [-0.15, -0.1) is 29.1 Å². The molecule has 0 aliphatic carbocycles. The van der Waals surface area contributed by atoms with Crippen LogP contribution in [0.1, 0.15) is 0 Å². The van der Waals surface area contributed by atoms with Crippen LogP contribution in [0.15, 0.2) is 40.1 Å². The lowest BCUT2D eigenvalue weighted by Gasteiger charge is -2.48. The first-order valence-corrected chi connectivity index (χ1v) is 10.5. The minimum Gasteiger partial charge on any atom is -0.477 e. The summed E-state index contributed by atoms with van der Waals surface area (Å²) in [7, 11) is 0. The average Bonchev–Trinajstić information content (AvgIpc) is 3.13. The quantitative estimate of drug-likeness (QED) is 0.426. The van der Waals surface area contributed by atoms with E-state index >= 15 is 0 Å². The summed E-state index contributed by atoms with van der Waals surface area (Å²) in [5, 5.41) is 18.9. The number of nitrogens with zero attached hydrogens (tertiary/aromatic N) is 4. The molecule has 0 saturated carbocycles. The topological polar surface area (TPSA) is 152 Å². The highest BCUT2D eigenvalue weighted by Crippen LogP contribution is 2.41. The standard InChI is InChI=1S/C15H13F3N6O5S2/c16-15(17,18)6-1-8(20-7-2-22(14(28)29)21-24(6)7)30-3-5-4-31-12-9(19)11(25)23(12)10(5)13(26)27/h1-2,9,12,21H,3-4,19H2,(H,26,27)(H,28,29)/t9-,12-/m1/s1. The monoisotopic (exact) mass is 478 g/mol. The third-order valence-electron chi connectivity index (χ3n) is 4.59. The lowest BCUT2D eigenvalue weighted by atomic mass is 10.0. The van der Waals surface area contributed by atoms with E-state index in [1.54, 1.807) is 0 Å². The van der Waals surface area contributed by atoms with Crippen molar-refractivity contribution in [2.75, 3.05) is 11.5 Å². The van der Waals surface area contributed by atoms with Gasteiger partial charge in [0.2, 0.25) is 5.91 Å². The Kier molecular flexibility index (Phi) is 5.19. The normalized spacial score (nSPS) is 25.5. The number of hydrazine groups is 2. The highest BCUT2D eigenvalue weighted by Gasteiger charge is 2.51. The number of β-lactam (4-membered cyclic amide) rings is 1. The van der Waals surface area contributed by atoms with Crippen LogP contribution < -0.4 is 11.3 Å².